The maximum atomic E-state index is 12.8. The van der Waals surface area contributed by atoms with Gasteiger partial charge in [-0.15, -0.1) is 0 Å². The van der Waals surface area contributed by atoms with Crippen LogP contribution in [-0.4, -0.2) is 30.5 Å². The zero-order valence-electron chi connectivity index (χ0n) is 15.8. The van der Waals surface area contributed by atoms with E-state index < -0.39 is 5.97 Å². The third kappa shape index (κ3) is 4.35. The molecule has 142 valence electrons. The molecule has 1 aromatic heterocycles. The van der Waals surface area contributed by atoms with Crippen molar-refractivity contribution in [3.05, 3.63) is 84.1 Å². The van der Waals surface area contributed by atoms with E-state index in [4.69, 9.17) is 4.74 Å². The van der Waals surface area contributed by atoms with Gasteiger partial charge in [0.15, 0.2) is 0 Å². The molecule has 0 radical (unpaired) electrons. The van der Waals surface area contributed by atoms with E-state index in [9.17, 15) is 9.59 Å². The van der Waals surface area contributed by atoms with Crippen LogP contribution in [0.4, 0.5) is 17.2 Å². The number of benzene rings is 2. The number of nitrogens with one attached hydrogen (secondary N) is 1. The summed E-state index contributed by atoms with van der Waals surface area (Å²) in [5, 5.41) is 3.10. The summed E-state index contributed by atoms with van der Waals surface area (Å²) in [6.45, 7) is 2.05. The van der Waals surface area contributed by atoms with E-state index in [1.54, 1.807) is 55.4 Å². The number of nitrogens with zero attached hydrogens (tertiary/aromatic N) is 2. The molecule has 1 heterocycles. The average molecular weight is 375 g/mol. The topological polar surface area (TPSA) is 71.5 Å². The normalized spacial score (nSPS) is 10.2. The molecule has 0 unspecified atom stereocenters. The van der Waals surface area contributed by atoms with E-state index >= 15 is 0 Å². The third-order valence-electron chi connectivity index (χ3n) is 4.14. The highest BCUT2D eigenvalue weighted by Crippen LogP contribution is 2.22. The van der Waals surface area contributed by atoms with Gasteiger partial charge in [-0.1, -0.05) is 30.3 Å². The molecule has 0 saturated heterocycles. The highest BCUT2D eigenvalue weighted by atomic mass is 16.5. The molecular formula is C22H21N3O3. The second kappa shape index (κ2) is 8.81. The van der Waals surface area contributed by atoms with Gasteiger partial charge < -0.3 is 15.0 Å². The fourth-order valence-electron chi connectivity index (χ4n) is 2.71. The Morgan fingerprint density at radius 1 is 1.04 bits per heavy atom. The van der Waals surface area contributed by atoms with Crippen LogP contribution in [0.1, 0.15) is 27.6 Å². The van der Waals surface area contributed by atoms with Crippen LogP contribution in [-0.2, 0) is 4.74 Å². The van der Waals surface area contributed by atoms with Gasteiger partial charge in [0.2, 0.25) is 0 Å². The Balaban J connectivity index is 1.83. The van der Waals surface area contributed by atoms with Crippen LogP contribution < -0.4 is 10.2 Å². The summed E-state index contributed by atoms with van der Waals surface area (Å²) < 4.78 is 5.09. The maximum Gasteiger partial charge on any atom is 0.340 e. The number of esters is 1. The van der Waals surface area contributed by atoms with Gasteiger partial charge in [0.25, 0.3) is 5.91 Å². The molecule has 0 aliphatic heterocycles. The second-order valence-corrected chi connectivity index (χ2v) is 6.02. The zero-order valence-corrected chi connectivity index (χ0v) is 15.8. The van der Waals surface area contributed by atoms with Gasteiger partial charge in [-0.3, -0.25) is 4.79 Å². The molecule has 1 amide bonds. The first-order valence-electron chi connectivity index (χ1n) is 8.92. The smallest absolute Gasteiger partial charge is 0.340 e. The predicted octanol–water partition coefficient (Wildman–Crippen LogP) is 4.28. The van der Waals surface area contributed by atoms with Crippen molar-refractivity contribution in [1.82, 2.24) is 4.98 Å². The van der Waals surface area contributed by atoms with Gasteiger partial charge in [0.1, 0.15) is 5.82 Å². The first-order chi connectivity index (χ1) is 13.6. The number of para-hydroxylation sites is 2. The number of amides is 1. The Bertz CT molecular complexity index is 974. The zero-order chi connectivity index (χ0) is 19.9. The molecule has 0 saturated carbocycles. The first-order valence-corrected chi connectivity index (χ1v) is 8.92. The molecule has 0 fully saturated rings. The summed E-state index contributed by atoms with van der Waals surface area (Å²) in [5.41, 5.74) is 2.25. The molecule has 1 N–H and O–H groups in total. The molecule has 6 heteroatoms. The summed E-state index contributed by atoms with van der Waals surface area (Å²) in [4.78, 5) is 30.8. The highest BCUT2D eigenvalue weighted by molar-refractivity contribution is 6.06. The molecule has 2 aromatic carbocycles. The predicted molar refractivity (Wildman–Crippen MR) is 109 cm³/mol. The monoisotopic (exact) mass is 375 g/mol. The van der Waals surface area contributed by atoms with Crippen molar-refractivity contribution in [1.29, 1.82) is 0 Å². The minimum absolute atomic E-state index is 0.157. The van der Waals surface area contributed by atoms with Crippen molar-refractivity contribution in [3.63, 3.8) is 0 Å². The second-order valence-electron chi connectivity index (χ2n) is 6.02. The van der Waals surface area contributed by atoms with E-state index in [0.717, 1.165) is 5.69 Å². The van der Waals surface area contributed by atoms with Crippen molar-refractivity contribution in [2.24, 2.45) is 0 Å². The maximum absolute atomic E-state index is 12.8. The van der Waals surface area contributed by atoms with Crippen LogP contribution in [0.5, 0.6) is 0 Å². The highest BCUT2D eigenvalue weighted by Gasteiger charge is 2.16. The lowest BCUT2D eigenvalue weighted by molar-refractivity contribution is 0.0527. The van der Waals surface area contributed by atoms with Crippen molar-refractivity contribution >= 4 is 29.1 Å². The number of pyridine rings is 1. The molecule has 6 nitrogen and oxygen atoms in total. The van der Waals surface area contributed by atoms with Gasteiger partial charge >= 0.3 is 5.97 Å². The fraction of sp³-hybridized carbons (Fsp3) is 0.136. The van der Waals surface area contributed by atoms with Crippen LogP contribution in [0.3, 0.4) is 0 Å². The van der Waals surface area contributed by atoms with Crippen LogP contribution in [0.15, 0.2) is 72.9 Å². The average Bonchev–Trinajstić information content (AvgIpc) is 2.74. The Labute approximate surface area is 163 Å². The van der Waals surface area contributed by atoms with Crippen LogP contribution in [0.2, 0.25) is 0 Å². The largest absolute Gasteiger partial charge is 0.462 e. The first kappa shape index (κ1) is 19.1. The lowest BCUT2D eigenvalue weighted by Crippen LogP contribution is -2.26. The Morgan fingerprint density at radius 2 is 1.75 bits per heavy atom. The molecule has 3 rings (SSSR count). The quantitative estimate of drug-likeness (QED) is 0.651. The van der Waals surface area contributed by atoms with Crippen LogP contribution in [0.25, 0.3) is 0 Å². The fourth-order valence-corrected chi connectivity index (χ4v) is 2.71. The molecule has 0 atom stereocenters. The van der Waals surface area contributed by atoms with E-state index in [0.29, 0.717) is 29.2 Å². The van der Waals surface area contributed by atoms with Gasteiger partial charge in [-0.2, -0.15) is 0 Å². The van der Waals surface area contributed by atoms with Gasteiger partial charge in [0, 0.05) is 24.5 Å². The van der Waals surface area contributed by atoms with Crippen molar-refractivity contribution in [2.75, 3.05) is 23.9 Å². The number of carbonyl (C=O) groups excluding carboxylic acids is 2. The van der Waals surface area contributed by atoms with Crippen molar-refractivity contribution in [2.45, 2.75) is 6.92 Å². The number of carbonyl (C=O) groups is 2. The van der Waals surface area contributed by atoms with Gasteiger partial charge in [-0.25, -0.2) is 9.78 Å². The SMILES string of the molecule is CCOC(=O)c1ccccc1Nc1cc(C(=O)N(C)c2ccccc2)ccn1. The van der Waals surface area contributed by atoms with E-state index in [1.165, 1.54) is 0 Å². The minimum atomic E-state index is -0.415. The lowest BCUT2D eigenvalue weighted by Gasteiger charge is -2.18. The van der Waals surface area contributed by atoms with Gasteiger partial charge in [-0.05, 0) is 43.3 Å². The number of hydrogen-bond donors (Lipinski definition) is 1. The Morgan fingerprint density at radius 3 is 2.50 bits per heavy atom. The number of ether oxygens (including phenoxy) is 1. The molecule has 0 bridgehead atoms. The van der Waals surface area contributed by atoms with Crippen molar-refractivity contribution in [3.8, 4) is 0 Å². The number of rotatable bonds is 6. The lowest BCUT2D eigenvalue weighted by atomic mass is 10.1. The Hall–Kier alpha value is -3.67. The number of aromatic nitrogens is 1. The molecule has 0 aliphatic rings. The summed E-state index contributed by atoms with van der Waals surface area (Å²) >= 11 is 0. The molecule has 3 aromatic rings. The van der Waals surface area contributed by atoms with E-state index in [-0.39, 0.29) is 5.91 Å². The van der Waals surface area contributed by atoms with Crippen LogP contribution >= 0.6 is 0 Å². The van der Waals surface area contributed by atoms with Crippen LogP contribution in [0, 0.1) is 0 Å². The molecule has 0 spiro atoms. The van der Waals surface area contributed by atoms with Gasteiger partial charge in [0.05, 0.1) is 17.9 Å². The number of anilines is 3. The van der Waals surface area contributed by atoms with E-state index in [1.807, 2.05) is 36.4 Å². The minimum Gasteiger partial charge on any atom is -0.462 e. The Kier molecular flexibility index (Phi) is 6.01. The summed E-state index contributed by atoms with van der Waals surface area (Å²) in [6, 6.07) is 19.7. The van der Waals surface area contributed by atoms with E-state index in [2.05, 4.69) is 10.3 Å². The molecular weight excluding hydrogens is 354 g/mol. The third-order valence-corrected chi connectivity index (χ3v) is 4.14. The standard InChI is InChI=1S/C22H21N3O3/c1-3-28-22(27)18-11-7-8-12-19(18)24-20-15-16(13-14-23-20)21(26)25(2)17-9-5-4-6-10-17/h4-15H,3H2,1-2H3,(H,23,24). The van der Waals surface area contributed by atoms with Crippen molar-refractivity contribution < 1.29 is 14.3 Å². The number of hydrogen-bond acceptors (Lipinski definition) is 5. The summed E-state index contributed by atoms with van der Waals surface area (Å²) in [6.07, 6.45) is 1.56. The molecule has 28 heavy (non-hydrogen) atoms. The molecule has 0 aliphatic carbocycles. The summed E-state index contributed by atoms with van der Waals surface area (Å²) in [7, 11) is 1.72. The summed E-state index contributed by atoms with van der Waals surface area (Å²) in [5.74, 6) is -0.110.